The Morgan fingerprint density at radius 2 is 2.05 bits per heavy atom. The molecule has 22 heavy (non-hydrogen) atoms. The van der Waals surface area contributed by atoms with Gasteiger partial charge >= 0.3 is 0 Å². The normalized spacial score (nSPS) is 10.9. The van der Waals surface area contributed by atoms with E-state index in [-0.39, 0.29) is 5.69 Å². The quantitative estimate of drug-likeness (QED) is 0.803. The molecule has 0 atom stereocenters. The second-order valence-electron chi connectivity index (χ2n) is 4.84. The van der Waals surface area contributed by atoms with Crippen LogP contribution < -0.4 is 5.32 Å². The molecule has 1 amide bonds. The van der Waals surface area contributed by atoms with E-state index >= 15 is 0 Å². The number of benzene rings is 1. The molecule has 2 heterocycles. The van der Waals surface area contributed by atoms with Crippen molar-refractivity contribution in [2.24, 2.45) is 0 Å². The lowest BCUT2D eigenvalue weighted by atomic mass is 10.1. The minimum Gasteiger partial charge on any atom is -0.347 e. The summed E-state index contributed by atoms with van der Waals surface area (Å²) in [6.07, 6.45) is 4.06. The maximum absolute atomic E-state index is 13.5. The van der Waals surface area contributed by atoms with Crippen LogP contribution in [0.5, 0.6) is 0 Å². The van der Waals surface area contributed by atoms with Crippen molar-refractivity contribution in [2.75, 3.05) is 5.32 Å². The molecule has 1 N–H and O–H groups in total. The molecule has 0 fully saturated rings. The largest absolute Gasteiger partial charge is 0.347 e. The molecule has 0 aliphatic carbocycles. The summed E-state index contributed by atoms with van der Waals surface area (Å²) in [7, 11) is 0. The van der Waals surface area contributed by atoms with E-state index in [0.29, 0.717) is 17.5 Å². The van der Waals surface area contributed by atoms with E-state index in [2.05, 4.69) is 10.3 Å². The zero-order valence-corrected chi connectivity index (χ0v) is 11.8. The predicted octanol–water partition coefficient (Wildman–Crippen LogP) is 3.59. The lowest BCUT2D eigenvalue weighted by Crippen LogP contribution is -2.12. The van der Waals surface area contributed by atoms with Gasteiger partial charge < -0.3 is 9.88 Å². The standard InChI is InChI=1S/C16H13F2N3O/c1-2-21-9-14(13-6-10(17)3-4-15(13)21)16(22)20-12-5-11(18)7-19-8-12/h3-9H,2H2,1H3,(H,20,22). The summed E-state index contributed by atoms with van der Waals surface area (Å²) in [6.45, 7) is 2.58. The minimum atomic E-state index is -0.542. The molecule has 0 unspecified atom stereocenters. The van der Waals surface area contributed by atoms with Crippen LogP contribution in [0.3, 0.4) is 0 Å². The first-order chi connectivity index (χ1) is 10.6. The van der Waals surface area contributed by atoms with Crippen molar-refractivity contribution in [1.29, 1.82) is 0 Å². The molecule has 3 rings (SSSR count). The average Bonchev–Trinajstić information content (AvgIpc) is 2.85. The molecule has 1 aromatic carbocycles. The molecule has 6 heteroatoms. The van der Waals surface area contributed by atoms with E-state index in [1.165, 1.54) is 24.4 Å². The molecular formula is C16H13F2N3O. The number of nitrogens with zero attached hydrogens (tertiary/aromatic N) is 2. The van der Waals surface area contributed by atoms with Gasteiger partial charge in [-0.3, -0.25) is 9.78 Å². The van der Waals surface area contributed by atoms with Crippen molar-refractivity contribution in [3.8, 4) is 0 Å². The summed E-state index contributed by atoms with van der Waals surface area (Å²) in [5.74, 6) is -1.39. The fraction of sp³-hybridized carbons (Fsp3) is 0.125. The smallest absolute Gasteiger partial charge is 0.257 e. The number of hydrogen-bond donors (Lipinski definition) is 1. The summed E-state index contributed by atoms with van der Waals surface area (Å²) < 4.78 is 28.4. The van der Waals surface area contributed by atoms with Crippen LogP contribution in [0.1, 0.15) is 17.3 Å². The van der Waals surface area contributed by atoms with Crippen LogP contribution in [-0.4, -0.2) is 15.5 Å². The monoisotopic (exact) mass is 301 g/mol. The Morgan fingerprint density at radius 1 is 1.23 bits per heavy atom. The van der Waals surface area contributed by atoms with Crippen molar-refractivity contribution in [2.45, 2.75) is 13.5 Å². The lowest BCUT2D eigenvalue weighted by molar-refractivity contribution is 0.102. The number of carbonyl (C=O) groups is 1. The second kappa shape index (κ2) is 5.55. The molecule has 0 aliphatic heterocycles. The predicted molar refractivity (Wildman–Crippen MR) is 79.7 cm³/mol. The number of aromatic nitrogens is 2. The number of rotatable bonds is 3. The number of aryl methyl sites for hydroxylation is 1. The lowest BCUT2D eigenvalue weighted by Gasteiger charge is -2.03. The number of anilines is 1. The Morgan fingerprint density at radius 3 is 2.77 bits per heavy atom. The van der Waals surface area contributed by atoms with E-state index in [4.69, 9.17) is 0 Å². The topological polar surface area (TPSA) is 46.9 Å². The summed E-state index contributed by atoms with van der Waals surface area (Å²) in [6, 6.07) is 5.48. The minimum absolute atomic E-state index is 0.249. The van der Waals surface area contributed by atoms with E-state index in [9.17, 15) is 13.6 Å². The third-order valence-electron chi connectivity index (χ3n) is 3.39. The van der Waals surface area contributed by atoms with Crippen molar-refractivity contribution in [1.82, 2.24) is 9.55 Å². The highest BCUT2D eigenvalue weighted by atomic mass is 19.1. The van der Waals surface area contributed by atoms with Crippen LogP contribution >= 0.6 is 0 Å². The van der Waals surface area contributed by atoms with E-state index in [0.717, 1.165) is 11.7 Å². The number of amides is 1. The number of pyridine rings is 1. The van der Waals surface area contributed by atoms with Gasteiger partial charge in [0.1, 0.15) is 11.6 Å². The van der Waals surface area contributed by atoms with Gasteiger partial charge in [0, 0.05) is 29.7 Å². The first-order valence-electron chi connectivity index (χ1n) is 6.79. The summed E-state index contributed by atoms with van der Waals surface area (Å²) in [4.78, 5) is 16.1. The average molecular weight is 301 g/mol. The van der Waals surface area contributed by atoms with Gasteiger partial charge in [-0.2, -0.15) is 0 Å². The number of carbonyl (C=O) groups excluding carboxylic acids is 1. The molecule has 2 aromatic heterocycles. The van der Waals surface area contributed by atoms with Gasteiger partial charge in [-0.1, -0.05) is 0 Å². The Bertz CT molecular complexity index is 858. The number of fused-ring (bicyclic) bond motifs is 1. The third kappa shape index (κ3) is 2.55. The molecule has 0 aliphatic rings. The van der Waals surface area contributed by atoms with Gasteiger partial charge in [-0.15, -0.1) is 0 Å². The first kappa shape index (κ1) is 14.2. The Balaban J connectivity index is 2.02. The first-order valence-corrected chi connectivity index (χ1v) is 6.79. The number of nitrogens with one attached hydrogen (secondary N) is 1. The van der Waals surface area contributed by atoms with Crippen LogP contribution in [0.4, 0.5) is 14.5 Å². The maximum atomic E-state index is 13.5. The number of hydrogen-bond acceptors (Lipinski definition) is 2. The third-order valence-corrected chi connectivity index (χ3v) is 3.39. The van der Waals surface area contributed by atoms with E-state index < -0.39 is 17.5 Å². The van der Waals surface area contributed by atoms with Crippen LogP contribution in [0.15, 0.2) is 42.9 Å². The van der Waals surface area contributed by atoms with Crippen LogP contribution in [0.25, 0.3) is 10.9 Å². The molecule has 4 nitrogen and oxygen atoms in total. The highest BCUT2D eigenvalue weighted by molar-refractivity contribution is 6.12. The van der Waals surface area contributed by atoms with Crippen molar-refractivity contribution < 1.29 is 13.6 Å². The zero-order valence-electron chi connectivity index (χ0n) is 11.8. The van der Waals surface area contributed by atoms with E-state index in [1.807, 2.05) is 11.5 Å². The molecule has 0 saturated heterocycles. The van der Waals surface area contributed by atoms with Crippen molar-refractivity contribution in [3.63, 3.8) is 0 Å². The Kier molecular flexibility index (Phi) is 3.58. The van der Waals surface area contributed by atoms with Gasteiger partial charge in [0.2, 0.25) is 0 Å². The molecule has 3 aromatic rings. The highest BCUT2D eigenvalue weighted by Crippen LogP contribution is 2.23. The second-order valence-corrected chi connectivity index (χ2v) is 4.84. The summed E-state index contributed by atoms with van der Waals surface area (Å²) in [5, 5.41) is 3.09. The maximum Gasteiger partial charge on any atom is 0.257 e. The van der Waals surface area contributed by atoms with Gasteiger partial charge in [-0.25, -0.2) is 8.78 Å². The van der Waals surface area contributed by atoms with Crippen LogP contribution in [-0.2, 0) is 6.54 Å². The van der Waals surface area contributed by atoms with Gasteiger partial charge in [0.15, 0.2) is 0 Å². The van der Waals surface area contributed by atoms with Gasteiger partial charge in [-0.05, 0) is 25.1 Å². The SMILES string of the molecule is CCn1cc(C(=O)Nc2cncc(F)c2)c2cc(F)ccc21. The van der Waals surface area contributed by atoms with Crippen LogP contribution in [0.2, 0.25) is 0 Å². The van der Waals surface area contributed by atoms with E-state index in [1.54, 1.807) is 12.3 Å². The fourth-order valence-electron chi connectivity index (χ4n) is 2.39. The Labute approximate surface area is 125 Å². The molecular weight excluding hydrogens is 288 g/mol. The molecule has 0 bridgehead atoms. The zero-order chi connectivity index (χ0) is 15.7. The Hall–Kier alpha value is -2.76. The molecule has 0 radical (unpaired) electrons. The van der Waals surface area contributed by atoms with Crippen molar-refractivity contribution >= 4 is 22.5 Å². The molecule has 0 spiro atoms. The van der Waals surface area contributed by atoms with Gasteiger partial charge in [0.25, 0.3) is 5.91 Å². The van der Waals surface area contributed by atoms with Crippen LogP contribution in [0, 0.1) is 11.6 Å². The van der Waals surface area contributed by atoms with Gasteiger partial charge in [0.05, 0.1) is 23.6 Å². The molecule has 112 valence electrons. The molecule has 0 saturated carbocycles. The highest BCUT2D eigenvalue weighted by Gasteiger charge is 2.15. The summed E-state index contributed by atoms with van der Waals surface area (Å²) in [5.41, 5.74) is 1.35. The fourth-order valence-corrected chi connectivity index (χ4v) is 2.39. The number of halogens is 2. The summed E-state index contributed by atoms with van der Waals surface area (Å²) >= 11 is 0. The van der Waals surface area contributed by atoms with Crippen molar-refractivity contribution in [3.05, 3.63) is 60.1 Å².